The average molecular weight is 321 g/mol. The second-order valence-electron chi connectivity index (χ2n) is 4.18. The van der Waals surface area contributed by atoms with Gasteiger partial charge in [0.05, 0.1) is 9.95 Å². The smallest absolute Gasteiger partial charge is 0.186 e. The molecule has 1 fully saturated rings. The van der Waals surface area contributed by atoms with Crippen molar-refractivity contribution < 1.29 is 4.79 Å². The second-order valence-corrected chi connectivity index (χ2v) is 7.33. The molecule has 4 nitrogen and oxygen atoms in total. The summed E-state index contributed by atoms with van der Waals surface area (Å²) in [6, 6.07) is 3.91. The van der Waals surface area contributed by atoms with Gasteiger partial charge in [0.15, 0.2) is 5.78 Å². The Balaban J connectivity index is 1.91. The zero-order chi connectivity index (χ0) is 14.1. The van der Waals surface area contributed by atoms with Crippen molar-refractivity contribution >= 4 is 51.3 Å². The lowest BCUT2D eigenvalue weighted by Crippen LogP contribution is -2.11. The van der Waals surface area contributed by atoms with E-state index in [1.54, 1.807) is 11.3 Å². The number of nitrogens with one attached hydrogen (secondary N) is 1. The van der Waals surface area contributed by atoms with E-state index in [2.05, 4.69) is 10.2 Å². The molecule has 0 aliphatic carbocycles. The Labute approximate surface area is 128 Å². The molecule has 1 saturated heterocycles. The number of ketones is 1. The van der Waals surface area contributed by atoms with Crippen LogP contribution >= 0.6 is 34.4 Å². The van der Waals surface area contributed by atoms with E-state index in [4.69, 9.17) is 5.41 Å². The zero-order valence-corrected chi connectivity index (χ0v) is 13.1. The van der Waals surface area contributed by atoms with Gasteiger partial charge in [0, 0.05) is 4.88 Å². The zero-order valence-electron chi connectivity index (χ0n) is 10.6. The van der Waals surface area contributed by atoms with Gasteiger partial charge < -0.3 is 0 Å². The lowest BCUT2D eigenvalue weighted by molar-refractivity contribution is -0.114. The fourth-order valence-electron chi connectivity index (χ4n) is 1.84. The summed E-state index contributed by atoms with van der Waals surface area (Å²) in [5.74, 6) is -0.587. The van der Waals surface area contributed by atoms with Crippen LogP contribution in [0.25, 0.3) is 6.08 Å². The molecule has 0 amide bonds. The van der Waals surface area contributed by atoms with Gasteiger partial charge >= 0.3 is 0 Å². The first-order valence-corrected chi connectivity index (χ1v) is 8.58. The van der Waals surface area contributed by atoms with Crippen molar-refractivity contribution in [3.8, 4) is 0 Å². The van der Waals surface area contributed by atoms with Crippen molar-refractivity contribution in [3.05, 3.63) is 37.3 Å². The van der Waals surface area contributed by atoms with Crippen LogP contribution in [0, 0.1) is 5.41 Å². The molecule has 0 spiro atoms. The van der Waals surface area contributed by atoms with Crippen molar-refractivity contribution in [2.45, 2.75) is 19.3 Å². The standard InChI is InChI=1S/C13H11N3OS3/c1-2-9-15-16-13(20-9)10-11(17)8(19-12(10)14)6-7-4-3-5-18-7/h3-6,10,14H,2H2,1H3/b8-6-,14-12?/t10-/m1/s1. The highest BCUT2D eigenvalue weighted by Gasteiger charge is 2.39. The molecule has 3 rings (SSSR count). The lowest BCUT2D eigenvalue weighted by atomic mass is 10.1. The van der Waals surface area contributed by atoms with E-state index >= 15 is 0 Å². The number of thioether (sulfide) groups is 1. The molecule has 20 heavy (non-hydrogen) atoms. The van der Waals surface area contributed by atoms with E-state index in [1.807, 2.05) is 30.5 Å². The van der Waals surface area contributed by atoms with Crippen molar-refractivity contribution in [1.82, 2.24) is 10.2 Å². The molecule has 0 unspecified atom stereocenters. The summed E-state index contributed by atoms with van der Waals surface area (Å²) in [5, 5.41) is 20.0. The molecule has 1 N–H and O–H groups in total. The topological polar surface area (TPSA) is 66.7 Å². The summed E-state index contributed by atoms with van der Waals surface area (Å²) < 4.78 is 0. The monoisotopic (exact) mass is 321 g/mol. The van der Waals surface area contributed by atoms with Crippen LogP contribution in [0.1, 0.15) is 27.7 Å². The van der Waals surface area contributed by atoms with Crippen LogP contribution in [0.2, 0.25) is 0 Å². The fourth-order valence-corrected chi connectivity index (χ4v) is 4.52. The summed E-state index contributed by atoms with van der Waals surface area (Å²) in [4.78, 5) is 14.1. The van der Waals surface area contributed by atoms with E-state index < -0.39 is 5.92 Å². The number of carbonyl (C=O) groups excluding carboxylic acids is 1. The molecule has 1 aliphatic heterocycles. The van der Waals surface area contributed by atoms with Crippen LogP contribution in [-0.2, 0) is 11.2 Å². The minimum atomic E-state index is -0.552. The van der Waals surface area contributed by atoms with Crippen LogP contribution < -0.4 is 0 Å². The summed E-state index contributed by atoms with van der Waals surface area (Å²) in [5.41, 5.74) is 0. The highest BCUT2D eigenvalue weighted by molar-refractivity contribution is 8.19. The van der Waals surface area contributed by atoms with Crippen LogP contribution in [0.5, 0.6) is 0 Å². The number of Topliss-reactive ketones (excluding diaryl/α,β-unsaturated/α-hetero) is 1. The fraction of sp³-hybridized carbons (Fsp3) is 0.231. The molecule has 102 valence electrons. The first kappa shape index (κ1) is 13.7. The van der Waals surface area contributed by atoms with Gasteiger partial charge in [-0.05, 0) is 23.9 Å². The first-order chi connectivity index (χ1) is 9.69. The van der Waals surface area contributed by atoms with Gasteiger partial charge in [-0.25, -0.2) is 0 Å². The molecule has 0 aromatic carbocycles. The number of nitrogens with zero attached hydrogens (tertiary/aromatic N) is 2. The van der Waals surface area contributed by atoms with Crippen molar-refractivity contribution in [1.29, 1.82) is 5.41 Å². The summed E-state index contributed by atoms with van der Waals surface area (Å²) in [7, 11) is 0. The third-order valence-corrected chi connectivity index (χ3v) is 5.78. The maximum Gasteiger partial charge on any atom is 0.186 e. The quantitative estimate of drug-likeness (QED) is 0.878. The largest absolute Gasteiger partial charge is 0.297 e. The van der Waals surface area contributed by atoms with Gasteiger partial charge in [0.2, 0.25) is 0 Å². The van der Waals surface area contributed by atoms with Gasteiger partial charge in [0.1, 0.15) is 15.9 Å². The molecule has 1 aliphatic rings. The third kappa shape index (κ3) is 2.48. The predicted octanol–water partition coefficient (Wildman–Crippen LogP) is 3.58. The van der Waals surface area contributed by atoms with Gasteiger partial charge in [-0.1, -0.05) is 24.8 Å². The predicted molar refractivity (Wildman–Crippen MR) is 84.6 cm³/mol. The molecule has 0 saturated carbocycles. The Kier molecular flexibility index (Phi) is 3.82. The minimum Gasteiger partial charge on any atom is -0.297 e. The maximum atomic E-state index is 12.5. The van der Waals surface area contributed by atoms with Crippen molar-refractivity contribution in [2.24, 2.45) is 0 Å². The SMILES string of the molecule is CCc1nnc([C@H]2C(=N)S/C(=C\c3cccs3)C2=O)s1. The molecular weight excluding hydrogens is 310 g/mol. The number of hydrogen-bond acceptors (Lipinski definition) is 7. The number of hydrogen-bond donors (Lipinski definition) is 1. The summed E-state index contributed by atoms with van der Waals surface area (Å²) in [6.45, 7) is 2.00. The van der Waals surface area contributed by atoms with Gasteiger partial charge in [-0.2, -0.15) is 0 Å². The Morgan fingerprint density at radius 3 is 2.95 bits per heavy atom. The molecule has 0 radical (unpaired) electrons. The van der Waals surface area contributed by atoms with Gasteiger partial charge in [0.25, 0.3) is 0 Å². The first-order valence-electron chi connectivity index (χ1n) is 6.07. The van der Waals surface area contributed by atoms with E-state index in [0.29, 0.717) is 15.0 Å². The molecule has 0 bridgehead atoms. The van der Waals surface area contributed by atoms with E-state index in [0.717, 1.165) is 16.3 Å². The van der Waals surface area contributed by atoms with Crippen LogP contribution in [0.4, 0.5) is 0 Å². The highest BCUT2D eigenvalue weighted by atomic mass is 32.2. The molecule has 7 heteroatoms. The Hall–Kier alpha value is -1.31. The number of rotatable bonds is 3. The number of allylic oxidation sites excluding steroid dienone is 1. The number of aromatic nitrogens is 2. The van der Waals surface area contributed by atoms with Crippen molar-refractivity contribution in [3.63, 3.8) is 0 Å². The van der Waals surface area contributed by atoms with E-state index in [1.165, 1.54) is 23.1 Å². The lowest BCUT2D eigenvalue weighted by Gasteiger charge is -2.00. The second kappa shape index (κ2) is 5.59. The molecule has 2 aromatic rings. The summed E-state index contributed by atoms with van der Waals surface area (Å²) in [6.07, 6.45) is 2.66. The summed E-state index contributed by atoms with van der Waals surface area (Å²) >= 11 is 4.24. The number of thiophene rings is 1. The number of carbonyl (C=O) groups is 1. The third-order valence-electron chi connectivity index (χ3n) is 2.84. The van der Waals surface area contributed by atoms with Crippen LogP contribution in [0.15, 0.2) is 22.4 Å². The number of aryl methyl sites for hydroxylation is 1. The van der Waals surface area contributed by atoms with Crippen molar-refractivity contribution in [2.75, 3.05) is 0 Å². The van der Waals surface area contributed by atoms with Gasteiger partial charge in [-0.3, -0.25) is 10.2 Å². The molecule has 2 aromatic heterocycles. The molecular formula is C13H11N3OS3. The Bertz CT molecular complexity index is 688. The van der Waals surface area contributed by atoms with E-state index in [-0.39, 0.29) is 5.78 Å². The Morgan fingerprint density at radius 1 is 1.45 bits per heavy atom. The highest BCUT2D eigenvalue weighted by Crippen LogP contribution is 2.41. The van der Waals surface area contributed by atoms with Gasteiger partial charge in [-0.15, -0.1) is 32.9 Å². The van der Waals surface area contributed by atoms with Crippen LogP contribution in [0.3, 0.4) is 0 Å². The normalized spacial score (nSPS) is 21.1. The van der Waals surface area contributed by atoms with Crippen LogP contribution in [-0.4, -0.2) is 21.0 Å². The Morgan fingerprint density at radius 2 is 2.30 bits per heavy atom. The average Bonchev–Trinajstić information content (AvgIpc) is 3.13. The van der Waals surface area contributed by atoms with E-state index in [9.17, 15) is 4.79 Å². The maximum absolute atomic E-state index is 12.5. The minimum absolute atomic E-state index is 0.0350. The molecule has 1 atom stereocenters. The molecule has 3 heterocycles.